The lowest BCUT2D eigenvalue weighted by Crippen LogP contribution is -2.57. The van der Waals surface area contributed by atoms with Crippen molar-refractivity contribution in [3.05, 3.63) is 25.3 Å². The number of nitriles is 1. The summed E-state index contributed by atoms with van der Waals surface area (Å²) in [7, 11) is 0. The fraction of sp³-hybridized carbons (Fsp3) is 0.708. The lowest BCUT2D eigenvalue weighted by molar-refractivity contribution is -0.132. The van der Waals surface area contributed by atoms with Gasteiger partial charge in [-0.25, -0.2) is 0 Å². The number of hydrogen-bond acceptors (Lipinski definition) is 5. The summed E-state index contributed by atoms with van der Waals surface area (Å²) in [5.41, 5.74) is 0. The summed E-state index contributed by atoms with van der Waals surface area (Å²) in [5, 5.41) is 9.18. The highest BCUT2D eigenvalue weighted by Crippen LogP contribution is 2.21. The van der Waals surface area contributed by atoms with E-state index in [1.54, 1.807) is 4.90 Å². The lowest BCUT2D eigenvalue weighted by Gasteiger charge is -2.44. The predicted octanol–water partition coefficient (Wildman–Crippen LogP) is 2.26. The zero-order valence-electron chi connectivity index (χ0n) is 19.5. The topological polar surface area (TPSA) is 70.9 Å². The van der Waals surface area contributed by atoms with Crippen molar-refractivity contribution in [3.8, 4) is 6.07 Å². The van der Waals surface area contributed by atoms with Gasteiger partial charge in [-0.1, -0.05) is 20.1 Å². The minimum Gasteiger partial charge on any atom is -0.334 e. The minimum atomic E-state index is -0.0827. The first-order valence-electron chi connectivity index (χ1n) is 11.6. The van der Waals surface area contributed by atoms with Crippen LogP contribution in [0.15, 0.2) is 25.3 Å². The van der Waals surface area contributed by atoms with E-state index in [2.05, 4.69) is 49.8 Å². The molecule has 0 saturated carbocycles. The molecule has 3 unspecified atom stereocenters. The van der Waals surface area contributed by atoms with E-state index < -0.39 is 0 Å². The van der Waals surface area contributed by atoms with E-state index in [0.717, 1.165) is 52.0 Å². The molecule has 31 heavy (non-hydrogen) atoms. The molecule has 2 saturated heterocycles. The molecule has 2 aliphatic heterocycles. The Bertz CT molecular complexity index is 688. The summed E-state index contributed by atoms with van der Waals surface area (Å²) in [4.78, 5) is 32.9. The van der Waals surface area contributed by atoms with E-state index in [9.17, 15) is 14.9 Å². The highest BCUT2D eigenvalue weighted by atomic mass is 16.2. The van der Waals surface area contributed by atoms with Crippen LogP contribution < -0.4 is 0 Å². The van der Waals surface area contributed by atoms with Gasteiger partial charge in [0.15, 0.2) is 0 Å². The second-order valence-corrected chi connectivity index (χ2v) is 8.81. The van der Waals surface area contributed by atoms with Gasteiger partial charge in [0.25, 0.3) is 0 Å². The first-order chi connectivity index (χ1) is 14.9. The number of carbonyl (C=O) groups excluding carboxylic acids is 2. The van der Waals surface area contributed by atoms with Crippen molar-refractivity contribution in [1.29, 1.82) is 5.26 Å². The molecule has 7 heteroatoms. The van der Waals surface area contributed by atoms with Gasteiger partial charge in [0.05, 0.1) is 18.5 Å². The first kappa shape index (κ1) is 25.1. The monoisotopic (exact) mass is 429 g/mol. The van der Waals surface area contributed by atoms with Crippen LogP contribution in [0, 0.1) is 11.3 Å². The average molecular weight is 430 g/mol. The summed E-state index contributed by atoms with van der Waals surface area (Å²) in [6.45, 7) is 18.7. The van der Waals surface area contributed by atoms with Gasteiger partial charge in [0.1, 0.15) is 0 Å². The van der Waals surface area contributed by atoms with Crippen LogP contribution in [-0.2, 0) is 9.59 Å². The highest BCUT2D eigenvalue weighted by molar-refractivity contribution is 5.87. The predicted molar refractivity (Wildman–Crippen MR) is 123 cm³/mol. The molecular formula is C24H39N5O2. The van der Waals surface area contributed by atoms with Crippen LogP contribution in [0.5, 0.6) is 0 Å². The molecule has 2 aliphatic rings. The quantitative estimate of drug-likeness (QED) is 0.526. The third-order valence-corrected chi connectivity index (χ3v) is 6.99. The Morgan fingerprint density at radius 1 is 0.935 bits per heavy atom. The van der Waals surface area contributed by atoms with Crippen molar-refractivity contribution in [2.45, 2.75) is 70.6 Å². The Hall–Kier alpha value is -2.17. The van der Waals surface area contributed by atoms with Crippen molar-refractivity contribution in [3.63, 3.8) is 0 Å². The molecule has 7 nitrogen and oxygen atoms in total. The van der Waals surface area contributed by atoms with E-state index in [4.69, 9.17) is 0 Å². The Morgan fingerprint density at radius 2 is 1.39 bits per heavy atom. The number of rotatable bonds is 9. The average Bonchev–Trinajstić information content (AvgIpc) is 2.80. The van der Waals surface area contributed by atoms with E-state index in [1.807, 2.05) is 4.90 Å². The second-order valence-electron chi connectivity index (χ2n) is 8.81. The largest absolute Gasteiger partial charge is 0.334 e. The fourth-order valence-electron chi connectivity index (χ4n) is 4.85. The highest BCUT2D eigenvalue weighted by Gasteiger charge is 2.33. The van der Waals surface area contributed by atoms with E-state index in [1.165, 1.54) is 12.2 Å². The van der Waals surface area contributed by atoms with Crippen LogP contribution in [0.4, 0.5) is 0 Å². The smallest absolute Gasteiger partial charge is 0.246 e. The van der Waals surface area contributed by atoms with Crippen LogP contribution in [0.1, 0.15) is 46.5 Å². The van der Waals surface area contributed by atoms with E-state index >= 15 is 0 Å². The van der Waals surface area contributed by atoms with Crippen LogP contribution >= 0.6 is 0 Å². The normalized spacial score (nSPS) is 24.8. The Kier molecular flexibility index (Phi) is 9.73. The van der Waals surface area contributed by atoms with Gasteiger partial charge in [-0.05, 0) is 45.3 Å². The second kappa shape index (κ2) is 12.0. The molecule has 2 rings (SSSR count). The third kappa shape index (κ3) is 6.41. The molecule has 2 heterocycles. The Balaban J connectivity index is 1.86. The zero-order chi connectivity index (χ0) is 23.0. The summed E-state index contributed by atoms with van der Waals surface area (Å²) in [6, 6.07) is 3.27. The van der Waals surface area contributed by atoms with Gasteiger partial charge in [-0.2, -0.15) is 5.26 Å². The summed E-state index contributed by atoms with van der Waals surface area (Å²) >= 11 is 0. The minimum absolute atomic E-state index is 0.0359. The van der Waals surface area contributed by atoms with Crippen molar-refractivity contribution >= 4 is 11.8 Å². The number of amides is 2. The number of piperazine rings is 2. The van der Waals surface area contributed by atoms with Gasteiger partial charge in [0.2, 0.25) is 11.8 Å². The SMILES string of the molecule is C=CC(=O)N1CCN(C(C)CCC(C)N2CCN(C(=O)C=C)[C@@H](CC)C2)CC1CC#N. The molecule has 172 valence electrons. The molecule has 4 atom stereocenters. The van der Waals surface area contributed by atoms with Crippen LogP contribution in [-0.4, -0.2) is 94.8 Å². The van der Waals surface area contributed by atoms with Crippen molar-refractivity contribution in [2.75, 3.05) is 39.3 Å². The van der Waals surface area contributed by atoms with E-state index in [-0.39, 0.29) is 23.9 Å². The van der Waals surface area contributed by atoms with Gasteiger partial charge in [-0.15, -0.1) is 0 Å². The summed E-state index contributed by atoms with van der Waals surface area (Å²) < 4.78 is 0. The summed E-state index contributed by atoms with van der Waals surface area (Å²) in [5.74, 6) is -0.0468. The van der Waals surface area contributed by atoms with Crippen molar-refractivity contribution in [1.82, 2.24) is 19.6 Å². The Labute approximate surface area is 187 Å². The maximum Gasteiger partial charge on any atom is 0.246 e. The molecule has 0 aliphatic carbocycles. The zero-order valence-corrected chi connectivity index (χ0v) is 19.5. The number of carbonyl (C=O) groups is 2. The molecule has 0 aromatic rings. The van der Waals surface area contributed by atoms with Gasteiger partial charge in [-0.3, -0.25) is 19.4 Å². The maximum absolute atomic E-state index is 12.1. The van der Waals surface area contributed by atoms with Crippen LogP contribution in [0.3, 0.4) is 0 Å². The van der Waals surface area contributed by atoms with Gasteiger partial charge in [0, 0.05) is 57.4 Å². The molecule has 0 N–H and O–H groups in total. The van der Waals surface area contributed by atoms with Crippen LogP contribution in [0.2, 0.25) is 0 Å². The third-order valence-electron chi connectivity index (χ3n) is 6.99. The van der Waals surface area contributed by atoms with Gasteiger partial charge < -0.3 is 9.80 Å². The van der Waals surface area contributed by atoms with Gasteiger partial charge >= 0.3 is 0 Å². The Morgan fingerprint density at radius 3 is 1.81 bits per heavy atom. The summed E-state index contributed by atoms with van der Waals surface area (Å²) in [6.07, 6.45) is 6.22. The molecular weight excluding hydrogens is 390 g/mol. The number of nitrogens with zero attached hydrogens (tertiary/aromatic N) is 5. The van der Waals surface area contributed by atoms with Crippen molar-refractivity contribution in [2.24, 2.45) is 0 Å². The van der Waals surface area contributed by atoms with Crippen LogP contribution in [0.25, 0.3) is 0 Å². The molecule has 2 amide bonds. The molecule has 0 aromatic carbocycles. The molecule has 0 aromatic heterocycles. The first-order valence-corrected chi connectivity index (χ1v) is 11.6. The molecule has 0 radical (unpaired) electrons. The molecule has 0 bridgehead atoms. The van der Waals surface area contributed by atoms with E-state index in [0.29, 0.717) is 25.0 Å². The maximum atomic E-state index is 12.1. The standard InChI is InChI=1S/C24H39N5O2/c1-6-21-17-26(13-15-28(21)23(30)7-2)19(4)9-10-20(5)27-14-16-29(24(31)8-3)22(18-27)11-12-25/h7-8,19-22H,2-3,6,9-11,13-18H2,1,4-5H3/t19?,20?,21-,22?/m0/s1. The molecule has 2 fully saturated rings. The lowest BCUT2D eigenvalue weighted by atomic mass is 10.0. The molecule has 0 spiro atoms. The van der Waals surface area contributed by atoms with Crippen molar-refractivity contribution < 1.29 is 9.59 Å². The number of hydrogen-bond donors (Lipinski definition) is 0. The fourth-order valence-corrected chi connectivity index (χ4v) is 4.85.